The van der Waals surface area contributed by atoms with Gasteiger partial charge in [0.1, 0.15) is 5.82 Å². The van der Waals surface area contributed by atoms with Crippen LogP contribution in [0, 0.1) is 5.82 Å². The molecule has 0 radical (unpaired) electrons. The molecule has 0 aliphatic carbocycles. The Morgan fingerprint density at radius 1 is 0.935 bits per heavy atom. The Labute approximate surface area is 185 Å². The highest BCUT2D eigenvalue weighted by Crippen LogP contribution is 2.19. The molecule has 0 saturated carbocycles. The molecule has 0 atom stereocenters. The molecular formula is C23H23ClFN3O3. The van der Waals surface area contributed by atoms with E-state index in [1.54, 1.807) is 11.0 Å². The fourth-order valence-corrected chi connectivity index (χ4v) is 4.19. The molecule has 2 heterocycles. The highest BCUT2D eigenvalue weighted by atomic mass is 35.5. The Balaban J connectivity index is 1.38. The highest BCUT2D eigenvalue weighted by molar-refractivity contribution is 6.31. The second kappa shape index (κ2) is 9.06. The largest absolute Gasteiger partial charge is 0.338 e. The van der Waals surface area contributed by atoms with Crippen LogP contribution in [0.15, 0.2) is 42.5 Å². The molecule has 31 heavy (non-hydrogen) atoms. The molecular weight excluding hydrogens is 421 g/mol. The summed E-state index contributed by atoms with van der Waals surface area (Å²) < 4.78 is 14.0. The second-order valence-corrected chi connectivity index (χ2v) is 8.26. The zero-order chi connectivity index (χ0) is 22.0. The summed E-state index contributed by atoms with van der Waals surface area (Å²) in [4.78, 5) is 42.5. The first-order valence-electron chi connectivity index (χ1n) is 10.3. The summed E-state index contributed by atoms with van der Waals surface area (Å²) in [5.41, 5.74) is 1.42. The highest BCUT2D eigenvalue weighted by Gasteiger charge is 2.27. The number of carbonyl (C=O) groups excluding carboxylic acids is 3. The van der Waals surface area contributed by atoms with E-state index in [1.807, 2.05) is 23.1 Å². The minimum Gasteiger partial charge on any atom is -0.338 e. The zero-order valence-corrected chi connectivity index (χ0v) is 17.8. The van der Waals surface area contributed by atoms with Crippen molar-refractivity contribution in [1.82, 2.24) is 14.7 Å². The van der Waals surface area contributed by atoms with Crippen LogP contribution in [0.2, 0.25) is 5.02 Å². The second-order valence-electron chi connectivity index (χ2n) is 7.83. The third-order valence-corrected chi connectivity index (χ3v) is 5.97. The van der Waals surface area contributed by atoms with Gasteiger partial charge in [0.05, 0.1) is 5.56 Å². The molecule has 2 aliphatic heterocycles. The summed E-state index contributed by atoms with van der Waals surface area (Å²) in [6.07, 6.45) is 1.46. The van der Waals surface area contributed by atoms with Crippen molar-refractivity contribution >= 4 is 29.3 Å². The van der Waals surface area contributed by atoms with Gasteiger partial charge in [-0.3, -0.25) is 14.4 Å². The lowest BCUT2D eigenvalue weighted by molar-refractivity contribution is -0.128. The van der Waals surface area contributed by atoms with Gasteiger partial charge < -0.3 is 14.7 Å². The van der Waals surface area contributed by atoms with Crippen molar-refractivity contribution in [2.24, 2.45) is 0 Å². The van der Waals surface area contributed by atoms with Gasteiger partial charge in [0.15, 0.2) is 0 Å². The first kappa shape index (κ1) is 21.3. The van der Waals surface area contributed by atoms with E-state index in [0.29, 0.717) is 49.7 Å². The molecule has 6 nitrogen and oxygen atoms in total. The third kappa shape index (κ3) is 4.71. The maximum Gasteiger partial charge on any atom is 0.257 e. The molecule has 8 heteroatoms. The zero-order valence-electron chi connectivity index (χ0n) is 17.0. The van der Waals surface area contributed by atoms with Crippen molar-refractivity contribution in [1.29, 1.82) is 0 Å². The molecule has 2 saturated heterocycles. The molecule has 4 rings (SSSR count). The van der Waals surface area contributed by atoms with Crippen LogP contribution < -0.4 is 0 Å². The van der Waals surface area contributed by atoms with Crippen LogP contribution in [0.1, 0.15) is 39.1 Å². The predicted molar refractivity (Wildman–Crippen MR) is 114 cm³/mol. The summed E-state index contributed by atoms with van der Waals surface area (Å²) in [6.45, 7) is 2.62. The summed E-state index contributed by atoms with van der Waals surface area (Å²) in [5, 5.41) is 0.300. The Morgan fingerprint density at radius 3 is 2.32 bits per heavy atom. The van der Waals surface area contributed by atoms with E-state index in [9.17, 15) is 18.8 Å². The van der Waals surface area contributed by atoms with E-state index < -0.39 is 11.7 Å². The molecule has 0 spiro atoms. The summed E-state index contributed by atoms with van der Waals surface area (Å²) in [6, 6.07) is 11.2. The van der Waals surface area contributed by atoms with Crippen LogP contribution in [0.4, 0.5) is 4.39 Å². The van der Waals surface area contributed by atoms with Gasteiger partial charge in [-0.2, -0.15) is 0 Å². The molecule has 3 amide bonds. The fraction of sp³-hybridized carbons (Fsp3) is 0.348. The smallest absolute Gasteiger partial charge is 0.257 e. The average molecular weight is 444 g/mol. The predicted octanol–water partition coefficient (Wildman–Crippen LogP) is 3.20. The SMILES string of the molecule is O=C1CCCN1Cc1cccc(C(=O)N2CCN(C(=O)c3cc(Cl)ccc3F)CC2)c1. The van der Waals surface area contributed by atoms with Crippen LogP contribution in [0.3, 0.4) is 0 Å². The molecule has 2 aliphatic rings. The average Bonchev–Trinajstić information content (AvgIpc) is 3.19. The molecule has 2 aromatic carbocycles. The minimum atomic E-state index is -0.610. The Kier molecular flexibility index (Phi) is 6.23. The van der Waals surface area contributed by atoms with Crippen LogP contribution in [0.5, 0.6) is 0 Å². The lowest BCUT2D eigenvalue weighted by Crippen LogP contribution is -2.50. The quantitative estimate of drug-likeness (QED) is 0.729. The van der Waals surface area contributed by atoms with Gasteiger partial charge in [-0.25, -0.2) is 4.39 Å². The van der Waals surface area contributed by atoms with Crippen LogP contribution >= 0.6 is 11.6 Å². The molecule has 2 aromatic rings. The van der Waals surface area contributed by atoms with Gasteiger partial charge in [0.25, 0.3) is 11.8 Å². The Morgan fingerprint density at radius 2 is 1.65 bits per heavy atom. The van der Waals surface area contributed by atoms with Crippen molar-refractivity contribution in [3.05, 3.63) is 70.0 Å². The van der Waals surface area contributed by atoms with Crippen molar-refractivity contribution in [2.75, 3.05) is 32.7 Å². The van der Waals surface area contributed by atoms with Crippen molar-refractivity contribution in [3.63, 3.8) is 0 Å². The number of carbonyl (C=O) groups is 3. The van der Waals surface area contributed by atoms with E-state index >= 15 is 0 Å². The Bertz CT molecular complexity index is 1020. The first-order chi connectivity index (χ1) is 14.9. The molecule has 0 unspecified atom stereocenters. The number of amides is 3. The number of hydrogen-bond donors (Lipinski definition) is 0. The van der Waals surface area contributed by atoms with Gasteiger partial charge in [0.2, 0.25) is 5.91 Å². The van der Waals surface area contributed by atoms with Gasteiger partial charge in [-0.1, -0.05) is 23.7 Å². The van der Waals surface area contributed by atoms with E-state index in [-0.39, 0.29) is 17.4 Å². The molecule has 0 aromatic heterocycles. The lowest BCUT2D eigenvalue weighted by atomic mass is 10.1. The molecule has 0 N–H and O–H groups in total. The van der Waals surface area contributed by atoms with Crippen molar-refractivity contribution < 1.29 is 18.8 Å². The number of halogens is 2. The number of piperazine rings is 1. The fourth-order valence-electron chi connectivity index (χ4n) is 4.02. The van der Waals surface area contributed by atoms with E-state index in [4.69, 9.17) is 11.6 Å². The number of benzene rings is 2. The van der Waals surface area contributed by atoms with Crippen LogP contribution in [-0.2, 0) is 11.3 Å². The summed E-state index contributed by atoms with van der Waals surface area (Å²) in [7, 11) is 0. The monoisotopic (exact) mass is 443 g/mol. The minimum absolute atomic E-state index is 0.0589. The van der Waals surface area contributed by atoms with Gasteiger partial charge >= 0.3 is 0 Å². The van der Waals surface area contributed by atoms with Gasteiger partial charge in [-0.15, -0.1) is 0 Å². The number of nitrogens with zero attached hydrogens (tertiary/aromatic N) is 3. The summed E-state index contributed by atoms with van der Waals surface area (Å²) in [5.74, 6) is -1.00. The molecule has 162 valence electrons. The molecule has 2 fully saturated rings. The Hall–Kier alpha value is -2.93. The normalized spacial score (nSPS) is 16.7. The maximum atomic E-state index is 14.0. The van der Waals surface area contributed by atoms with Crippen molar-refractivity contribution in [2.45, 2.75) is 19.4 Å². The topological polar surface area (TPSA) is 60.9 Å². The van der Waals surface area contributed by atoms with Crippen LogP contribution in [-0.4, -0.2) is 65.1 Å². The van der Waals surface area contributed by atoms with E-state index in [2.05, 4.69) is 0 Å². The lowest BCUT2D eigenvalue weighted by Gasteiger charge is -2.35. The third-order valence-electron chi connectivity index (χ3n) is 5.73. The van der Waals surface area contributed by atoms with Crippen LogP contribution in [0.25, 0.3) is 0 Å². The van der Waals surface area contributed by atoms with E-state index in [0.717, 1.165) is 18.5 Å². The number of likely N-dealkylation sites (tertiary alicyclic amines) is 1. The van der Waals surface area contributed by atoms with Crippen molar-refractivity contribution in [3.8, 4) is 0 Å². The number of hydrogen-bond acceptors (Lipinski definition) is 3. The standard InChI is InChI=1S/C23H23ClFN3O3/c24-18-6-7-20(25)19(14-18)23(31)27-11-9-26(10-12-27)22(30)17-4-1-3-16(13-17)15-28-8-2-5-21(28)29/h1,3-4,6-7,13-14H,2,5,8-12,15H2. The number of rotatable bonds is 4. The van der Waals surface area contributed by atoms with Gasteiger partial charge in [0, 0.05) is 56.3 Å². The van der Waals surface area contributed by atoms with Gasteiger partial charge in [-0.05, 0) is 42.3 Å². The van der Waals surface area contributed by atoms with E-state index in [1.165, 1.54) is 23.1 Å². The molecule has 0 bridgehead atoms. The first-order valence-corrected chi connectivity index (χ1v) is 10.7. The summed E-state index contributed by atoms with van der Waals surface area (Å²) >= 11 is 5.89. The maximum absolute atomic E-state index is 14.0.